The van der Waals surface area contributed by atoms with Gasteiger partial charge in [0.15, 0.2) is 0 Å². The summed E-state index contributed by atoms with van der Waals surface area (Å²) in [7, 11) is 0. The quantitative estimate of drug-likeness (QED) is 0.160. The van der Waals surface area contributed by atoms with Crippen LogP contribution in [0.4, 0.5) is 17.1 Å². The molecule has 0 fully saturated rings. The first-order valence-corrected chi connectivity index (χ1v) is 21.3. The molecule has 1 aliphatic rings. The van der Waals surface area contributed by atoms with E-state index < -0.39 is 5.41 Å². The fraction of sp³-hybridized carbons (Fsp3) is 0.0847. The van der Waals surface area contributed by atoms with Gasteiger partial charge in [-0.3, -0.25) is 0 Å². The van der Waals surface area contributed by atoms with Crippen LogP contribution in [-0.2, 0) is 10.8 Å². The van der Waals surface area contributed by atoms with Gasteiger partial charge in [0.1, 0.15) is 11.2 Å². The van der Waals surface area contributed by atoms with Gasteiger partial charge in [-0.15, -0.1) is 0 Å². The first-order chi connectivity index (χ1) is 29.9. The van der Waals surface area contributed by atoms with Crippen molar-refractivity contribution in [2.24, 2.45) is 0 Å². The van der Waals surface area contributed by atoms with Gasteiger partial charge in [0.2, 0.25) is 0 Å². The molecule has 292 valence electrons. The first-order valence-electron chi connectivity index (χ1n) is 21.3. The van der Waals surface area contributed by atoms with Crippen LogP contribution in [0.5, 0.6) is 0 Å². The van der Waals surface area contributed by atoms with Gasteiger partial charge in [-0.25, -0.2) is 0 Å². The minimum absolute atomic E-state index is 0.0406. The molecule has 0 N–H and O–H groups in total. The van der Waals surface area contributed by atoms with Crippen LogP contribution in [0.2, 0.25) is 0 Å². The van der Waals surface area contributed by atoms with Crippen molar-refractivity contribution >= 4 is 39.0 Å². The maximum Gasteiger partial charge on any atom is 0.143 e. The standard InChI is InChI=1S/C59H45NO/c1-58(2,3)54-30-17-27-51-50-26-16-25-47(56(50)61-57(51)54)41-32-36-44(37-33-41)60(55-31-15-12-22-46(55)40-18-6-4-7-19-40)45-38-34-43(35-39-45)59(42-20-8-5-9-21-42)52-28-13-10-23-48(52)49-24-11-14-29-53(49)59/h4-39H,1-3H3. The van der Waals surface area contributed by atoms with Gasteiger partial charge in [0.25, 0.3) is 0 Å². The van der Waals surface area contributed by atoms with Crippen molar-refractivity contribution in [3.63, 3.8) is 0 Å². The second kappa shape index (κ2) is 14.4. The second-order valence-corrected chi connectivity index (χ2v) is 17.2. The van der Waals surface area contributed by atoms with Crippen LogP contribution in [0.15, 0.2) is 223 Å². The molecule has 9 aromatic carbocycles. The molecule has 0 bridgehead atoms. The molecule has 61 heavy (non-hydrogen) atoms. The molecule has 2 heteroatoms. The van der Waals surface area contributed by atoms with E-state index in [1.165, 1.54) is 44.5 Å². The van der Waals surface area contributed by atoms with E-state index in [9.17, 15) is 0 Å². The Morgan fingerprint density at radius 2 is 0.852 bits per heavy atom. The highest BCUT2D eigenvalue weighted by Crippen LogP contribution is 2.56. The number of benzene rings is 9. The molecule has 2 nitrogen and oxygen atoms in total. The lowest BCUT2D eigenvalue weighted by molar-refractivity contribution is 0.573. The predicted octanol–water partition coefficient (Wildman–Crippen LogP) is 16.1. The minimum atomic E-state index is -0.466. The number of nitrogens with zero attached hydrogens (tertiary/aromatic N) is 1. The van der Waals surface area contributed by atoms with Crippen molar-refractivity contribution in [1.82, 2.24) is 0 Å². The molecule has 1 aromatic heterocycles. The van der Waals surface area contributed by atoms with Crippen LogP contribution in [0.3, 0.4) is 0 Å². The van der Waals surface area contributed by atoms with Gasteiger partial charge in [-0.1, -0.05) is 209 Å². The topological polar surface area (TPSA) is 16.4 Å². The Labute approximate surface area is 358 Å². The van der Waals surface area contributed by atoms with E-state index in [-0.39, 0.29) is 5.41 Å². The molecule has 0 amide bonds. The zero-order valence-electron chi connectivity index (χ0n) is 34.6. The monoisotopic (exact) mass is 783 g/mol. The van der Waals surface area contributed by atoms with E-state index in [0.717, 1.165) is 55.7 Å². The third-order valence-electron chi connectivity index (χ3n) is 12.7. The fourth-order valence-corrected chi connectivity index (χ4v) is 9.96. The number of anilines is 3. The molecule has 1 heterocycles. The van der Waals surface area contributed by atoms with E-state index in [4.69, 9.17) is 4.42 Å². The van der Waals surface area contributed by atoms with Crippen LogP contribution in [-0.4, -0.2) is 0 Å². The van der Waals surface area contributed by atoms with E-state index >= 15 is 0 Å². The Bertz CT molecular complexity index is 3160. The van der Waals surface area contributed by atoms with Crippen LogP contribution in [0.1, 0.15) is 48.6 Å². The van der Waals surface area contributed by atoms with Crippen molar-refractivity contribution in [2.45, 2.75) is 31.6 Å². The van der Waals surface area contributed by atoms with Gasteiger partial charge in [0.05, 0.1) is 11.1 Å². The fourth-order valence-electron chi connectivity index (χ4n) is 9.96. The van der Waals surface area contributed by atoms with Gasteiger partial charge in [-0.05, 0) is 80.3 Å². The van der Waals surface area contributed by atoms with Crippen molar-refractivity contribution in [2.75, 3.05) is 4.90 Å². The van der Waals surface area contributed by atoms with E-state index in [1.54, 1.807) is 0 Å². The number of hydrogen-bond acceptors (Lipinski definition) is 2. The number of fused-ring (bicyclic) bond motifs is 6. The molecular weight excluding hydrogens is 739 g/mol. The van der Waals surface area contributed by atoms with Crippen molar-refractivity contribution < 1.29 is 4.42 Å². The molecule has 1 aliphatic carbocycles. The average molecular weight is 784 g/mol. The third kappa shape index (κ3) is 5.85. The number of furan rings is 1. The van der Waals surface area contributed by atoms with Crippen LogP contribution < -0.4 is 4.90 Å². The lowest BCUT2D eigenvalue weighted by atomic mass is 9.68. The minimum Gasteiger partial charge on any atom is -0.455 e. The highest BCUT2D eigenvalue weighted by molar-refractivity contribution is 6.10. The van der Waals surface area contributed by atoms with Crippen LogP contribution in [0, 0.1) is 0 Å². The molecule has 10 aromatic rings. The summed E-state index contributed by atoms with van der Waals surface area (Å²) < 4.78 is 6.80. The summed E-state index contributed by atoms with van der Waals surface area (Å²) in [4.78, 5) is 2.40. The van der Waals surface area contributed by atoms with Crippen molar-refractivity contribution in [3.8, 4) is 33.4 Å². The molecule has 0 aliphatic heterocycles. The van der Waals surface area contributed by atoms with E-state index in [1.807, 2.05) is 0 Å². The number of hydrogen-bond donors (Lipinski definition) is 0. The smallest absolute Gasteiger partial charge is 0.143 e. The second-order valence-electron chi connectivity index (χ2n) is 17.2. The van der Waals surface area contributed by atoms with Gasteiger partial charge < -0.3 is 9.32 Å². The first kappa shape index (κ1) is 36.6. The van der Waals surface area contributed by atoms with E-state index in [0.29, 0.717) is 0 Å². The Morgan fingerprint density at radius 1 is 0.377 bits per heavy atom. The Balaban J connectivity index is 1.07. The lowest BCUT2D eigenvalue weighted by Crippen LogP contribution is -2.28. The molecule has 0 unspecified atom stereocenters. The molecule has 0 saturated heterocycles. The third-order valence-corrected chi connectivity index (χ3v) is 12.7. The summed E-state index contributed by atoms with van der Waals surface area (Å²) in [5.41, 5.74) is 18.1. The summed E-state index contributed by atoms with van der Waals surface area (Å²) in [6.45, 7) is 6.74. The largest absolute Gasteiger partial charge is 0.455 e. The maximum absolute atomic E-state index is 6.80. The highest BCUT2D eigenvalue weighted by Gasteiger charge is 2.45. The average Bonchev–Trinajstić information content (AvgIpc) is 3.84. The summed E-state index contributed by atoms with van der Waals surface area (Å²) in [6, 6.07) is 79.7. The highest BCUT2D eigenvalue weighted by atomic mass is 16.3. The molecule has 0 saturated carbocycles. The Morgan fingerprint density at radius 3 is 1.49 bits per heavy atom. The zero-order valence-corrected chi connectivity index (χ0v) is 34.6. The number of rotatable bonds is 7. The molecule has 11 rings (SSSR count). The maximum atomic E-state index is 6.80. The lowest BCUT2D eigenvalue weighted by Gasteiger charge is -2.34. The van der Waals surface area contributed by atoms with Crippen molar-refractivity contribution in [1.29, 1.82) is 0 Å². The normalized spacial score (nSPS) is 13.0. The van der Waals surface area contributed by atoms with E-state index in [2.05, 4.69) is 244 Å². The summed E-state index contributed by atoms with van der Waals surface area (Å²) in [5.74, 6) is 0. The Hall–Kier alpha value is -7.42. The van der Waals surface area contributed by atoms with Gasteiger partial charge in [-0.2, -0.15) is 0 Å². The van der Waals surface area contributed by atoms with Gasteiger partial charge >= 0.3 is 0 Å². The summed E-state index contributed by atoms with van der Waals surface area (Å²) in [5, 5.41) is 2.30. The molecule has 0 atom stereocenters. The summed E-state index contributed by atoms with van der Waals surface area (Å²) >= 11 is 0. The van der Waals surface area contributed by atoms with Crippen LogP contribution in [0.25, 0.3) is 55.3 Å². The molecule has 0 radical (unpaired) electrons. The summed E-state index contributed by atoms with van der Waals surface area (Å²) in [6.07, 6.45) is 0. The predicted molar refractivity (Wildman–Crippen MR) is 255 cm³/mol. The zero-order chi connectivity index (χ0) is 41.1. The molecular formula is C59H45NO. The Kier molecular flexibility index (Phi) is 8.65. The SMILES string of the molecule is CC(C)(C)c1cccc2c1oc1c(-c3ccc(N(c4ccc(C5(c6ccccc6)c6ccccc6-c6ccccc65)cc4)c4ccccc4-c4ccccc4)cc3)cccc12. The van der Waals surface area contributed by atoms with Crippen LogP contribution >= 0.6 is 0 Å². The van der Waals surface area contributed by atoms with Gasteiger partial charge in [0, 0.05) is 38.8 Å². The van der Waals surface area contributed by atoms with Crippen molar-refractivity contribution in [3.05, 3.63) is 246 Å². The number of para-hydroxylation sites is 3. The molecule has 0 spiro atoms.